The van der Waals surface area contributed by atoms with Crippen molar-refractivity contribution in [1.82, 2.24) is 29.7 Å². The topological polar surface area (TPSA) is 154 Å². The lowest BCUT2D eigenvalue weighted by Crippen LogP contribution is -2.25. The molecule has 0 saturated heterocycles. The minimum Gasteiger partial charge on any atom is -0.458 e. The van der Waals surface area contributed by atoms with Gasteiger partial charge in [-0.2, -0.15) is 5.10 Å². The highest BCUT2D eigenvalue weighted by atomic mass is 16.5. The average molecular weight is 461 g/mol. The van der Waals surface area contributed by atoms with E-state index in [-0.39, 0.29) is 23.8 Å². The second-order valence-electron chi connectivity index (χ2n) is 7.07. The van der Waals surface area contributed by atoms with Gasteiger partial charge < -0.3 is 19.8 Å². The number of amides is 1. The molecular weight excluding hydrogens is 442 g/mol. The summed E-state index contributed by atoms with van der Waals surface area (Å²) in [6, 6.07) is 6.64. The smallest absolute Gasteiger partial charge is 0.303 e. The number of H-pyrrole nitrogens is 1. The molecule has 4 aromatic heterocycles. The van der Waals surface area contributed by atoms with Crippen LogP contribution in [0.3, 0.4) is 0 Å². The average Bonchev–Trinajstić information content (AvgIpc) is 3.25. The van der Waals surface area contributed by atoms with E-state index in [2.05, 4.69) is 30.4 Å². The summed E-state index contributed by atoms with van der Waals surface area (Å²) in [7, 11) is 1.82. The number of rotatable bonds is 7. The molecule has 1 amide bonds. The molecular formula is C22H19N7O5. The Morgan fingerprint density at radius 3 is 2.62 bits per heavy atom. The highest BCUT2D eigenvalue weighted by Gasteiger charge is 2.13. The predicted molar refractivity (Wildman–Crippen MR) is 119 cm³/mol. The van der Waals surface area contributed by atoms with Gasteiger partial charge in [-0.15, -0.1) is 0 Å². The van der Waals surface area contributed by atoms with E-state index in [0.29, 0.717) is 17.2 Å². The van der Waals surface area contributed by atoms with Gasteiger partial charge in [-0.05, 0) is 18.2 Å². The van der Waals surface area contributed by atoms with Gasteiger partial charge >= 0.3 is 5.97 Å². The van der Waals surface area contributed by atoms with Gasteiger partial charge in [-0.3, -0.25) is 24.0 Å². The number of aromatic amines is 1. The number of pyridine rings is 2. The molecule has 4 rings (SSSR count). The molecule has 172 valence electrons. The van der Waals surface area contributed by atoms with E-state index in [1.54, 1.807) is 35.3 Å². The van der Waals surface area contributed by atoms with Crippen LogP contribution in [0.15, 0.2) is 60.0 Å². The van der Waals surface area contributed by atoms with E-state index >= 15 is 0 Å². The zero-order valence-corrected chi connectivity index (χ0v) is 18.2. The van der Waals surface area contributed by atoms with E-state index < -0.39 is 17.4 Å². The molecule has 4 heterocycles. The number of ether oxygens (including phenoxy) is 2. The Kier molecular flexibility index (Phi) is 6.39. The largest absolute Gasteiger partial charge is 0.458 e. The number of hydrogen-bond acceptors (Lipinski definition) is 9. The summed E-state index contributed by atoms with van der Waals surface area (Å²) in [4.78, 5) is 50.2. The molecule has 4 aromatic rings. The zero-order chi connectivity index (χ0) is 24.1. The van der Waals surface area contributed by atoms with E-state index in [9.17, 15) is 14.4 Å². The summed E-state index contributed by atoms with van der Waals surface area (Å²) in [6.45, 7) is 1.04. The summed E-state index contributed by atoms with van der Waals surface area (Å²) in [5, 5.41) is 6.66. The maximum atomic E-state index is 12.4. The Labute approximate surface area is 192 Å². The minimum atomic E-state index is -0.691. The molecule has 0 radical (unpaired) electrons. The summed E-state index contributed by atoms with van der Waals surface area (Å²) < 4.78 is 12.3. The molecule has 0 aromatic carbocycles. The van der Waals surface area contributed by atoms with Crippen LogP contribution in [0.25, 0.3) is 11.3 Å². The first kappa shape index (κ1) is 22.3. The van der Waals surface area contributed by atoms with Crippen molar-refractivity contribution in [2.24, 2.45) is 7.05 Å². The van der Waals surface area contributed by atoms with E-state index in [1.165, 1.54) is 19.2 Å². The van der Waals surface area contributed by atoms with Gasteiger partial charge in [0, 0.05) is 44.2 Å². The fourth-order valence-electron chi connectivity index (χ4n) is 2.86. The summed E-state index contributed by atoms with van der Waals surface area (Å²) >= 11 is 0. The number of esters is 1. The third-order valence-corrected chi connectivity index (χ3v) is 4.45. The van der Waals surface area contributed by atoms with Crippen molar-refractivity contribution >= 4 is 17.7 Å². The molecule has 0 fully saturated rings. The lowest BCUT2D eigenvalue weighted by atomic mass is 10.2. The van der Waals surface area contributed by atoms with Crippen LogP contribution in [-0.4, -0.2) is 41.6 Å². The molecule has 0 spiro atoms. The van der Waals surface area contributed by atoms with Gasteiger partial charge in [-0.25, -0.2) is 9.97 Å². The number of nitrogens with zero attached hydrogens (tertiary/aromatic N) is 5. The molecule has 0 bridgehead atoms. The summed E-state index contributed by atoms with van der Waals surface area (Å²) in [5.74, 6) is 0.130. The van der Waals surface area contributed by atoms with Crippen molar-refractivity contribution in [3.63, 3.8) is 0 Å². The molecule has 0 atom stereocenters. The second kappa shape index (κ2) is 9.73. The fraction of sp³-hybridized carbons (Fsp3) is 0.136. The highest BCUT2D eigenvalue weighted by molar-refractivity contribution is 6.03. The third-order valence-electron chi connectivity index (χ3n) is 4.45. The van der Waals surface area contributed by atoms with Crippen LogP contribution < -0.4 is 15.6 Å². The maximum absolute atomic E-state index is 12.4. The van der Waals surface area contributed by atoms with Gasteiger partial charge in [0.25, 0.3) is 11.5 Å². The van der Waals surface area contributed by atoms with Gasteiger partial charge in [0.1, 0.15) is 35.3 Å². The number of carbonyl (C=O) groups is 2. The summed E-state index contributed by atoms with van der Waals surface area (Å²) in [5.41, 5.74) is 0.679. The van der Waals surface area contributed by atoms with Crippen molar-refractivity contribution in [2.45, 2.75) is 13.5 Å². The normalized spacial score (nSPS) is 10.5. The van der Waals surface area contributed by atoms with Gasteiger partial charge in [0.15, 0.2) is 0 Å². The minimum absolute atomic E-state index is 0.124. The standard InChI is InChI=1S/C22H19N7O5/c1-13(30)33-12-20-25-10-17(22(32)28-20)21(31)27-19-4-3-16(9-24-19)34-15-5-6-23-18(7-15)14-8-26-29(2)11-14/h3-11H,12H2,1-2H3,(H,24,27,31)(H,25,28,32). The Morgan fingerprint density at radius 1 is 1.09 bits per heavy atom. The van der Waals surface area contributed by atoms with Crippen molar-refractivity contribution in [1.29, 1.82) is 0 Å². The van der Waals surface area contributed by atoms with Crippen LogP contribution >= 0.6 is 0 Å². The second-order valence-corrected chi connectivity index (χ2v) is 7.07. The molecule has 12 nitrogen and oxygen atoms in total. The molecule has 0 aliphatic heterocycles. The van der Waals surface area contributed by atoms with E-state index in [1.807, 2.05) is 13.2 Å². The lowest BCUT2D eigenvalue weighted by Gasteiger charge is -2.08. The first-order valence-corrected chi connectivity index (χ1v) is 9.99. The number of anilines is 1. The Morgan fingerprint density at radius 2 is 1.94 bits per heavy atom. The Hall–Kier alpha value is -4.87. The monoisotopic (exact) mass is 461 g/mol. The number of nitrogens with one attached hydrogen (secondary N) is 2. The fourth-order valence-corrected chi connectivity index (χ4v) is 2.86. The van der Waals surface area contributed by atoms with Crippen LogP contribution in [0.2, 0.25) is 0 Å². The van der Waals surface area contributed by atoms with Gasteiger partial charge in [0.2, 0.25) is 0 Å². The highest BCUT2D eigenvalue weighted by Crippen LogP contribution is 2.25. The molecule has 12 heteroatoms. The van der Waals surface area contributed by atoms with Crippen molar-refractivity contribution in [3.05, 3.63) is 77.0 Å². The quantitative estimate of drug-likeness (QED) is 0.394. The van der Waals surface area contributed by atoms with E-state index in [4.69, 9.17) is 9.47 Å². The van der Waals surface area contributed by atoms with Crippen LogP contribution in [0.5, 0.6) is 11.5 Å². The molecule has 34 heavy (non-hydrogen) atoms. The van der Waals surface area contributed by atoms with Crippen molar-refractivity contribution in [2.75, 3.05) is 5.32 Å². The van der Waals surface area contributed by atoms with Crippen molar-refractivity contribution < 1.29 is 19.1 Å². The third kappa shape index (κ3) is 5.48. The SMILES string of the molecule is CC(=O)OCc1ncc(C(=O)Nc2ccc(Oc3ccnc(-c4cnn(C)c4)c3)cn2)c(=O)[nH]1. The van der Waals surface area contributed by atoms with E-state index in [0.717, 1.165) is 11.8 Å². The lowest BCUT2D eigenvalue weighted by molar-refractivity contribution is -0.142. The molecule has 0 aliphatic carbocycles. The first-order valence-electron chi connectivity index (χ1n) is 9.99. The number of carbonyl (C=O) groups excluding carboxylic acids is 2. The number of hydrogen-bond donors (Lipinski definition) is 2. The van der Waals surface area contributed by atoms with Crippen LogP contribution in [0, 0.1) is 0 Å². The molecule has 2 N–H and O–H groups in total. The maximum Gasteiger partial charge on any atom is 0.303 e. The van der Waals surface area contributed by atoms with Gasteiger partial charge in [0.05, 0.1) is 18.1 Å². The first-order chi connectivity index (χ1) is 16.4. The number of aryl methyl sites for hydroxylation is 1. The molecule has 0 saturated carbocycles. The molecule has 0 aliphatic rings. The van der Waals surface area contributed by atoms with Gasteiger partial charge in [-0.1, -0.05) is 0 Å². The predicted octanol–water partition coefficient (Wildman–Crippen LogP) is 2.07. The Bertz CT molecular complexity index is 1400. The van der Waals surface area contributed by atoms with Crippen LogP contribution in [-0.2, 0) is 23.2 Å². The number of aromatic nitrogens is 6. The Balaban J connectivity index is 1.40. The molecule has 0 unspecified atom stereocenters. The van der Waals surface area contributed by atoms with Crippen molar-refractivity contribution in [3.8, 4) is 22.8 Å². The zero-order valence-electron chi connectivity index (χ0n) is 18.2. The summed E-state index contributed by atoms with van der Waals surface area (Å²) in [6.07, 6.45) is 7.72. The van der Waals surface area contributed by atoms with Crippen LogP contribution in [0.4, 0.5) is 5.82 Å². The van der Waals surface area contributed by atoms with Crippen LogP contribution in [0.1, 0.15) is 23.1 Å².